The molecule has 0 aliphatic carbocycles. The Morgan fingerprint density at radius 1 is 1.10 bits per heavy atom. The lowest BCUT2D eigenvalue weighted by atomic mass is 10.2. The Morgan fingerprint density at radius 3 is 2.35 bits per heavy atom. The molecule has 1 aliphatic heterocycles. The summed E-state index contributed by atoms with van der Waals surface area (Å²) in [5, 5.41) is 5.49. The monoisotopic (exact) mass is 463 g/mol. The highest BCUT2D eigenvalue weighted by atomic mass is 32.2. The SMILES string of the molecule is CCc1ccc(OCC(=O)NC(=S)Nc2ccc(S(=O)(=O)N3CCOCC3)cc2)cc1. The average Bonchev–Trinajstić information content (AvgIpc) is 2.79. The first kappa shape index (κ1) is 23.1. The molecule has 2 aromatic rings. The minimum atomic E-state index is -3.56. The zero-order valence-corrected chi connectivity index (χ0v) is 18.8. The fourth-order valence-corrected chi connectivity index (χ4v) is 4.58. The first-order valence-electron chi connectivity index (χ1n) is 9.89. The van der Waals surface area contributed by atoms with Gasteiger partial charge in [-0.3, -0.25) is 10.1 Å². The summed E-state index contributed by atoms with van der Waals surface area (Å²) < 4.78 is 37.3. The van der Waals surface area contributed by atoms with Gasteiger partial charge in [0.15, 0.2) is 11.7 Å². The van der Waals surface area contributed by atoms with Gasteiger partial charge >= 0.3 is 0 Å². The van der Waals surface area contributed by atoms with Crippen LogP contribution >= 0.6 is 12.2 Å². The molecule has 1 saturated heterocycles. The Hall–Kier alpha value is -2.53. The number of hydrogen-bond acceptors (Lipinski definition) is 6. The minimum absolute atomic E-state index is 0.0960. The van der Waals surface area contributed by atoms with E-state index in [1.54, 1.807) is 12.1 Å². The van der Waals surface area contributed by atoms with Crippen LogP contribution in [0.3, 0.4) is 0 Å². The zero-order chi connectivity index (χ0) is 22.3. The van der Waals surface area contributed by atoms with Crippen LogP contribution in [0.5, 0.6) is 5.75 Å². The third-order valence-electron chi connectivity index (χ3n) is 4.67. The van der Waals surface area contributed by atoms with E-state index in [2.05, 4.69) is 17.6 Å². The van der Waals surface area contributed by atoms with E-state index in [0.717, 1.165) is 6.42 Å². The van der Waals surface area contributed by atoms with Crippen LogP contribution in [0.15, 0.2) is 53.4 Å². The number of benzene rings is 2. The van der Waals surface area contributed by atoms with Crippen LogP contribution in [0, 0.1) is 0 Å². The first-order valence-corrected chi connectivity index (χ1v) is 11.7. The van der Waals surface area contributed by atoms with E-state index in [9.17, 15) is 13.2 Å². The first-order chi connectivity index (χ1) is 14.9. The van der Waals surface area contributed by atoms with Crippen molar-refractivity contribution in [3.8, 4) is 5.75 Å². The van der Waals surface area contributed by atoms with Crippen molar-refractivity contribution in [1.29, 1.82) is 0 Å². The Kier molecular flexibility index (Phi) is 7.97. The van der Waals surface area contributed by atoms with Gasteiger partial charge in [-0.05, 0) is 60.6 Å². The molecule has 0 aromatic heterocycles. The highest BCUT2D eigenvalue weighted by Gasteiger charge is 2.26. The summed E-state index contributed by atoms with van der Waals surface area (Å²) in [5.41, 5.74) is 1.74. The van der Waals surface area contributed by atoms with Crippen molar-refractivity contribution in [2.75, 3.05) is 38.2 Å². The fourth-order valence-electron chi connectivity index (χ4n) is 2.94. The van der Waals surface area contributed by atoms with Gasteiger partial charge in [-0.15, -0.1) is 0 Å². The van der Waals surface area contributed by atoms with Crippen molar-refractivity contribution in [3.63, 3.8) is 0 Å². The Balaban J connectivity index is 1.49. The molecule has 1 fully saturated rings. The Labute approximate surface area is 187 Å². The molecule has 1 amide bonds. The summed E-state index contributed by atoms with van der Waals surface area (Å²) in [7, 11) is -3.56. The van der Waals surface area contributed by atoms with E-state index in [1.165, 1.54) is 22.0 Å². The van der Waals surface area contributed by atoms with Crippen LogP contribution < -0.4 is 15.4 Å². The number of aryl methyl sites for hydroxylation is 1. The molecule has 0 atom stereocenters. The molecule has 31 heavy (non-hydrogen) atoms. The summed E-state index contributed by atoms with van der Waals surface area (Å²) in [6.07, 6.45) is 0.931. The zero-order valence-electron chi connectivity index (χ0n) is 17.2. The quantitative estimate of drug-likeness (QED) is 0.608. The number of hydrogen-bond donors (Lipinski definition) is 2. The molecule has 166 valence electrons. The summed E-state index contributed by atoms with van der Waals surface area (Å²) in [4.78, 5) is 12.2. The van der Waals surface area contributed by atoms with E-state index in [-0.39, 0.29) is 16.6 Å². The summed E-state index contributed by atoms with van der Waals surface area (Å²) in [5.74, 6) is 0.201. The molecule has 0 unspecified atom stereocenters. The van der Waals surface area contributed by atoms with Crippen LogP contribution in [-0.4, -0.2) is 56.7 Å². The molecular formula is C21H25N3O5S2. The van der Waals surface area contributed by atoms with Crippen LogP contribution in [0.25, 0.3) is 0 Å². The second kappa shape index (κ2) is 10.7. The van der Waals surface area contributed by atoms with E-state index in [1.807, 2.05) is 24.3 Å². The van der Waals surface area contributed by atoms with Gasteiger partial charge in [0, 0.05) is 18.8 Å². The van der Waals surface area contributed by atoms with E-state index in [0.29, 0.717) is 37.7 Å². The maximum absolute atomic E-state index is 12.6. The van der Waals surface area contributed by atoms with Crippen molar-refractivity contribution < 1.29 is 22.7 Å². The summed E-state index contributed by atoms with van der Waals surface area (Å²) in [6.45, 7) is 3.34. The number of morpholine rings is 1. The highest BCUT2D eigenvalue weighted by molar-refractivity contribution is 7.89. The lowest BCUT2D eigenvalue weighted by molar-refractivity contribution is -0.121. The van der Waals surface area contributed by atoms with E-state index < -0.39 is 15.9 Å². The molecule has 1 aliphatic rings. The number of anilines is 1. The average molecular weight is 464 g/mol. The molecule has 0 radical (unpaired) electrons. The highest BCUT2D eigenvalue weighted by Crippen LogP contribution is 2.19. The molecular weight excluding hydrogens is 438 g/mol. The van der Waals surface area contributed by atoms with Crippen molar-refractivity contribution in [2.45, 2.75) is 18.2 Å². The molecule has 0 saturated carbocycles. The maximum Gasteiger partial charge on any atom is 0.264 e. The Morgan fingerprint density at radius 2 is 1.74 bits per heavy atom. The predicted octanol–water partition coefficient (Wildman–Crippen LogP) is 2.16. The number of thiocarbonyl (C=S) groups is 1. The molecule has 2 aromatic carbocycles. The lowest BCUT2D eigenvalue weighted by Crippen LogP contribution is -2.40. The minimum Gasteiger partial charge on any atom is -0.484 e. The van der Waals surface area contributed by atoms with Crippen LogP contribution in [0.4, 0.5) is 5.69 Å². The number of ether oxygens (including phenoxy) is 2. The van der Waals surface area contributed by atoms with Gasteiger partial charge in [-0.25, -0.2) is 8.42 Å². The molecule has 10 heteroatoms. The van der Waals surface area contributed by atoms with Gasteiger partial charge in [0.25, 0.3) is 5.91 Å². The summed E-state index contributed by atoms with van der Waals surface area (Å²) >= 11 is 5.15. The van der Waals surface area contributed by atoms with Crippen molar-refractivity contribution in [1.82, 2.24) is 9.62 Å². The summed E-state index contributed by atoms with van der Waals surface area (Å²) in [6, 6.07) is 13.7. The van der Waals surface area contributed by atoms with Gasteiger partial charge in [0.2, 0.25) is 10.0 Å². The molecule has 1 heterocycles. The smallest absolute Gasteiger partial charge is 0.264 e. The number of carbonyl (C=O) groups excluding carboxylic acids is 1. The predicted molar refractivity (Wildman–Crippen MR) is 122 cm³/mol. The van der Waals surface area contributed by atoms with Crippen LogP contribution in [0.2, 0.25) is 0 Å². The molecule has 3 rings (SSSR count). The Bertz CT molecular complexity index is 1000. The fraction of sp³-hybridized carbons (Fsp3) is 0.333. The van der Waals surface area contributed by atoms with Crippen molar-refractivity contribution in [2.24, 2.45) is 0 Å². The number of nitrogens with one attached hydrogen (secondary N) is 2. The second-order valence-corrected chi connectivity index (χ2v) is 9.18. The van der Waals surface area contributed by atoms with Crippen LogP contribution in [-0.2, 0) is 26.0 Å². The lowest BCUT2D eigenvalue weighted by Gasteiger charge is -2.26. The third kappa shape index (κ3) is 6.47. The van der Waals surface area contributed by atoms with Gasteiger partial charge in [0.05, 0.1) is 18.1 Å². The second-order valence-electron chi connectivity index (χ2n) is 6.83. The molecule has 0 spiro atoms. The molecule has 2 N–H and O–H groups in total. The maximum atomic E-state index is 12.6. The third-order valence-corrected chi connectivity index (χ3v) is 6.79. The van der Waals surface area contributed by atoms with E-state index >= 15 is 0 Å². The number of carbonyl (C=O) groups is 1. The van der Waals surface area contributed by atoms with E-state index in [4.69, 9.17) is 21.7 Å². The van der Waals surface area contributed by atoms with Gasteiger partial charge in [-0.2, -0.15) is 4.31 Å². The topological polar surface area (TPSA) is 97.0 Å². The number of nitrogens with zero attached hydrogens (tertiary/aromatic N) is 1. The number of rotatable bonds is 7. The van der Waals surface area contributed by atoms with Gasteiger partial charge in [0.1, 0.15) is 5.75 Å². The van der Waals surface area contributed by atoms with Crippen molar-refractivity contribution in [3.05, 3.63) is 54.1 Å². The molecule has 8 nitrogen and oxygen atoms in total. The van der Waals surface area contributed by atoms with Gasteiger partial charge in [-0.1, -0.05) is 19.1 Å². The van der Waals surface area contributed by atoms with Gasteiger partial charge < -0.3 is 14.8 Å². The standard InChI is InChI=1S/C21H25N3O5S2/c1-2-16-3-7-18(8-4-16)29-15-20(25)23-21(30)22-17-5-9-19(10-6-17)31(26,27)24-11-13-28-14-12-24/h3-10H,2,11-15H2,1H3,(H2,22,23,25,30). The normalized spacial score (nSPS) is 14.6. The van der Waals surface area contributed by atoms with Crippen LogP contribution in [0.1, 0.15) is 12.5 Å². The molecule has 0 bridgehead atoms. The van der Waals surface area contributed by atoms with Crippen molar-refractivity contribution >= 4 is 38.9 Å². The number of sulfonamides is 1. The number of amides is 1. The largest absolute Gasteiger partial charge is 0.484 e.